The van der Waals surface area contributed by atoms with Crippen molar-refractivity contribution in [1.82, 2.24) is 9.88 Å². The molecule has 0 aliphatic carbocycles. The van der Waals surface area contributed by atoms with E-state index in [1.807, 2.05) is 26.1 Å². The van der Waals surface area contributed by atoms with Crippen LogP contribution in [0.2, 0.25) is 0 Å². The van der Waals surface area contributed by atoms with Crippen molar-refractivity contribution in [3.05, 3.63) is 30.1 Å². The van der Waals surface area contributed by atoms with Gasteiger partial charge in [-0.15, -0.1) is 0 Å². The maximum atomic E-state index is 4.31. The molecule has 0 radical (unpaired) electrons. The summed E-state index contributed by atoms with van der Waals surface area (Å²) in [5.41, 5.74) is 1.24. The first kappa shape index (κ1) is 10.2. The van der Waals surface area contributed by atoms with Gasteiger partial charge >= 0.3 is 0 Å². The fourth-order valence-corrected chi connectivity index (χ4v) is 1.50. The zero-order chi connectivity index (χ0) is 9.68. The summed E-state index contributed by atoms with van der Waals surface area (Å²) >= 11 is 0. The highest BCUT2D eigenvalue weighted by Gasteiger charge is 2.25. The molecule has 0 saturated carbocycles. The normalized spacial score (nSPS) is 17.2. The predicted octanol–water partition coefficient (Wildman–Crippen LogP) is 2.14. The van der Waals surface area contributed by atoms with Crippen molar-refractivity contribution in [2.24, 2.45) is 0 Å². The number of likely N-dealkylation sites (tertiary alicyclic amines) is 1. The zero-order valence-corrected chi connectivity index (χ0v) is 8.70. The molecule has 0 N–H and O–H groups in total. The van der Waals surface area contributed by atoms with Gasteiger partial charge in [0.2, 0.25) is 0 Å². The predicted molar refractivity (Wildman–Crippen MR) is 55.8 cm³/mol. The minimum Gasteiger partial charge on any atom is -0.305 e. The van der Waals surface area contributed by atoms with E-state index < -0.39 is 0 Å². The van der Waals surface area contributed by atoms with Crippen LogP contribution >= 0.6 is 0 Å². The average Bonchev–Trinajstić information content (AvgIpc) is 2.18. The summed E-state index contributed by atoms with van der Waals surface area (Å²) in [6.07, 6.45) is 1.87. The van der Waals surface area contributed by atoms with Gasteiger partial charge in [0.15, 0.2) is 0 Å². The first-order chi connectivity index (χ1) is 6.36. The fraction of sp³-hybridized carbons (Fsp3) is 0.545. The Kier molecular flexibility index (Phi) is 3.90. The minimum atomic E-state index is 0.682. The Bertz CT molecular complexity index is 227. The first-order valence-electron chi connectivity index (χ1n) is 4.96. The van der Waals surface area contributed by atoms with E-state index in [0.717, 1.165) is 13.1 Å². The van der Waals surface area contributed by atoms with E-state index in [1.54, 1.807) is 0 Å². The summed E-state index contributed by atoms with van der Waals surface area (Å²) in [6.45, 7) is 6.33. The average molecular weight is 178 g/mol. The van der Waals surface area contributed by atoms with Crippen LogP contribution in [-0.2, 0) is 0 Å². The number of likely N-dealkylation sites (N-methyl/N-ethyl adjacent to an activating group) is 1. The van der Waals surface area contributed by atoms with Crippen molar-refractivity contribution in [2.45, 2.75) is 19.8 Å². The van der Waals surface area contributed by atoms with E-state index in [4.69, 9.17) is 0 Å². The van der Waals surface area contributed by atoms with Gasteiger partial charge in [-0.1, -0.05) is 19.9 Å². The van der Waals surface area contributed by atoms with Crippen molar-refractivity contribution in [2.75, 3.05) is 20.1 Å². The molecule has 1 aromatic heterocycles. The minimum absolute atomic E-state index is 0.682. The Labute approximate surface area is 80.6 Å². The van der Waals surface area contributed by atoms with Gasteiger partial charge in [-0.2, -0.15) is 0 Å². The van der Waals surface area contributed by atoms with Crippen LogP contribution in [0, 0.1) is 0 Å². The highest BCUT2D eigenvalue weighted by molar-refractivity contribution is 5.13. The zero-order valence-electron chi connectivity index (χ0n) is 8.70. The van der Waals surface area contributed by atoms with Gasteiger partial charge in [-0.05, 0) is 19.2 Å². The Morgan fingerprint density at radius 1 is 1.31 bits per heavy atom. The molecule has 0 amide bonds. The van der Waals surface area contributed by atoms with E-state index in [1.165, 1.54) is 5.69 Å². The van der Waals surface area contributed by atoms with Crippen molar-refractivity contribution in [3.8, 4) is 0 Å². The van der Waals surface area contributed by atoms with Gasteiger partial charge in [0.05, 0.1) is 0 Å². The SMILES string of the molecule is CC.CN1CC(c2ccccn2)C1. The molecule has 2 heterocycles. The molecule has 1 aliphatic heterocycles. The number of rotatable bonds is 1. The molecule has 1 aliphatic rings. The van der Waals surface area contributed by atoms with Crippen molar-refractivity contribution >= 4 is 0 Å². The Hall–Kier alpha value is -0.890. The molecule has 1 saturated heterocycles. The van der Waals surface area contributed by atoms with E-state index >= 15 is 0 Å². The summed E-state index contributed by atoms with van der Waals surface area (Å²) in [4.78, 5) is 6.61. The lowest BCUT2D eigenvalue weighted by molar-refractivity contribution is 0.187. The highest BCUT2D eigenvalue weighted by atomic mass is 15.2. The number of aromatic nitrogens is 1. The molecule has 13 heavy (non-hydrogen) atoms. The molecule has 1 aromatic rings. The summed E-state index contributed by atoms with van der Waals surface area (Å²) in [7, 11) is 2.14. The molecular formula is C11H18N2. The second kappa shape index (κ2) is 4.97. The summed E-state index contributed by atoms with van der Waals surface area (Å²) in [5, 5.41) is 0. The van der Waals surface area contributed by atoms with Gasteiger partial charge in [0, 0.05) is 30.9 Å². The molecule has 0 bridgehead atoms. The van der Waals surface area contributed by atoms with Gasteiger partial charge in [-0.25, -0.2) is 0 Å². The monoisotopic (exact) mass is 178 g/mol. The molecule has 0 atom stereocenters. The molecule has 2 heteroatoms. The van der Waals surface area contributed by atoms with Crippen LogP contribution in [0.5, 0.6) is 0 Å². The summed E-state index contributed by atoms with van der Waals surface area (Å²) < 4.78 is 0. The standard InChI is InChI=1S/C9H12N2.C2H6/c1-11-6-8(7-11)9-4-2-3-5-10-9;1-2/h2-5,8H,6-7H2,1H3;1-2H3. The van der Waals surface area contributed by atoms with Crippen molar-refractivity contribution in [3.63, 3.8) is 0 Å². The van der Waals surface area contributed by atoms with Crippen LogP contribution in [-0.4, -0.2) is 30.0 Å². The second-order valence-corrected chi connectivity index (χ2v) is 3.17. The molecule has 0 spiro atoms. The molecule has 0 aromatic carbocycles. The Balaban J connectivity index is 0.000000396. The van der Waals surface area contributed by atoms with Gasteiger partial charge in [0.25, 0.3) is 0 Å². The van der Waals surface area contributed by atoms with Gasteiger partial charge in [-0.3, -0.25) is 4.98 Å². The van der Waals surface area contributed by atoms with Crippen LogP contribution < -0.4 is 0 Å². The van der Waals surface area contributed by atoms with E-state index in [2.05, 4.69) is 29.1 Å². The molecular weight excluding hydrogens is 160 g/mol. The third-order valence-corrected chi connectivity index (χ3v) is 2.17. The first-order valence-corrected chi connectivity index (χ1v) is 4.96. The maximum Gasteiger partial charge on any atom is 0.0460 e. The number of nitrogens with zero attached hydrogens (tertiary/aromatic N) is 2. The molecule has 2 nitrogen and oxygen atoms in total. The van der Waals surface area contributed by atoms with Crippen molar-refractivity contribution in [1.29, 1.82) is 0 Å². The second-order valence-electron chi connectivity index (χ2n) is 3.17. The Morgan fingerprint density at radius 2 is 2.00 bits per heavy atom. The van der Waals surface area contributed by atoms with E-state index in [9.17, 15) is 0 Å². The van der Waals surface area contributed by atoms with Crippen LogP contribution in [0.4, 0.5) is 0 Å². The Morgan fingerprint density at radius 3 is 2.46 bits per heavy atom. The lowest BCUT2D eigenvalue weighted by Gasteiger charge is -2.35. The molecule has 2 rings (SSSR count). The van der Waals surface area contributed by atoms with Crippen molar-refractivity contribution < 1.29 is 0 Å². The maximum absolute atomic E-state index is 4.31. The van der Waals surface area contributed by atoms with Crippen LogP contribution in [0.3, 0.4) is 0 Å². The molecule has 1 fully saturated rings. The number of pyridine rings is 1. The van der Waals surface area contributed by atoms with Crippen LogP contribution in [0.1, 0.15) is 25.5 Å². The molecule has 0 unspecified atom stereocenters. The largest absolute Gasteiger partial charge is 0.305 e. The third-order valence-electron chi connectivity index (χ3n) is 2.17. The van der Waals surface area contributed by atoms with Crippen LogP contribution in [0.25, 0.3) is 0 Å². The molecule has 72 valence electrons. The lowest BCUT2D eigenvalue weighted by atomic mass is 9.97. The van der Waals surface area contributed by atoms with Gasteiger partial charge in [0.1, 0.15) is 0 Å². The topological polar surface area (TPSA) is 16.1 Å². The summed E-state index contributed by atoms with van der Waals surface area (Å²) in [5.74, 6) is 0.682. The number of hydrogen-bond acceptors (Lipinski definition) is 2. The highest BCUT2D eigenvalue weighted by Crippen LogP contribution is 2.22. The third kappa shape index (κ3) is 2.52. The number of hydrogen-bond donors (Lipinski definition) is 0. The van der Waals surface area contributed by atoms with Gasteiger partial charge < -0.3 is 4.90 Å². The lowest BCUT2D eigenvalue weighted by Crippen LogP contribution is -2.42. The quantitative estimate of drug-likeness (QED) is 0.655. The summed E-state index contributed by atoms with van der Waals surface area (Å²) in [6, 6.07) is 6.13. The van der Waals surface area contributed by atoms with E-state index in [-0.39, 0.29) is 0 Å². The van der Waals surface area contributed by atoms with Crippen LogP contribution in [0.15, 0.2) is 24.4 Å². The van der Waals surface area contributed by atoms with E-state index in [0.29, 0.717) is 5.92 Å². The smallest absolute Gasteiger partial charge is 0.0460 e. The fourth-order valence-electron chi connectivity index (χ4n) is 1.50.